The molecule has 0 saturated carbocycles. The molecule has 1 aliphatic carbocycles. The van der Waals surface area contributed by atoms with Crippen molar-refractivity contribution in [2.24, 2.45) is 9.98 Å². The normalized spacial score (nSPS) is 22.6. The van der Waals surface area contributed by atoms with Crippen molar-refractivity contribution in [2.45, 2.75) is 17.8 Å². The Bertz CT molecular complexity index is 1690. The molecule has 0 saturated heterocycles. The van der Waals surface area contributed by atoms with Crippen LogP contribution < -0.4 is 9.97 Å². The monoisotopic (exact) mass is 512 g/mol. The van der Waals surface area contributed by atoms with E-state index in [1.807, 2.05) is 78.9 Å². The van der Waals surface area contributed by atoms with Crippen LogP contribution in [0.1, 0.15) is 45.4 Å². The summed E-state index contributed by atoms with van der Waals surface area (Å²) in [4.78, 5) is 19.3. The van der Waals surface area contributed by atoms with E-state index in [1.165, 1.54) is 0 Å². The van der Waals surface area contributed by atoms with Crippen molar-refractivity contribution >= 4 is 23.6 Å². The second-order valence-electron chi connectivity index (χ2n) is 8.96. The molecule has 1 atom stereocenters. The fourth-order valence-electron chi connectivity index (χ4n) is 5.32. The molecule has 164 valence electrons. The summed E-state index contributed by atoms with van der Waals surface area (Å²) in [7, 11) is 0. The summed E-state index contributed by atoms with van der Waals surface area (Å²) in [5.41, 5.74) is 7.23. The molecule has 0 spiro atoms. The van der Waals surface area contributed by atoms with E-state index < -0.39 is 5.41 Å². The van der Waals surface area contributed by atoms with Gasteiger partial charge in [0.1, 0.15) is 0 Å². The number of hydrogen-bond acceptors (Lipinski definition) is 4. The summed E-state index contributed by atoms with van der Waals surface area (Å²) >= 11 is 0. The van der Waals surface area contributed by atoms with Gasteiger partial charge >= 0.3 is 19.5 Å². The Hall–Kier alpha value is -4.32. The van der Waals surface area contributed by atoms with Gasteiger partial charge in [-0.15, -0.1) is 17.1 Å². The number of allylic oxidation sites excluding steroid dienone is 4. The van der Waals surface area contributed by atoms with Gasteiger partial charge in [-0.3, -0.25) is 9.98 Å². The number of nitrogens with zero attached hydrogens (tertiary/aromatic N) is 6. The van der Waals surface area contributed by atoms with Crippen LogP contribution in [-0.4, -0.2) is 11.4 Å². The van der Waals surface area contributed by atoms with E-state index in [-0.39, 0.29) is 25.4 Å². The standard InChI is InChI=1S/C29H16N6.Zn/c30-15-29(16-31)24-4-2-1-3-23(24)27-26-10-9-21(34-26)12-19-6-5-17(32-19)11-18-7-8-20(33-18)13-22-14-25(29)28(27)35-22;/h1-10,12-14,27H,11H2;/q-2;+2/b20-13-,21-12-;. The van der Waals surface area contributed by atoms with Crippen molar-refractivity contribution in [1.82, 2.24) is 9.97 Å². The third-order valence-corrected chi connectivity index (χ3v) is 6.88. The van der Waals surface area contributed by atoms with E-state index in [9.17, 15) is 10.5 Å². The molecule has 3 aromatic rings. The summed E-state index contributed by atoms with van der Waals surface area (Å²) in [6.07, 6.45) is 12.4. The molecule has 36 heavy (non-hydrogen) atoms. The average molecular weight is 514 g/mol. The summed E-state index contributed by atoms with van der Waals surface area (Å²) in [5.74, 6) is -0.292. The second kappa shape index (κ2) is 8.13. The first kappa shape index (κ1) is 22.2. The van der Waals surface area contributed by atoms with Gasteiger partial charge < -0.3 is 9.97 Å². The van der Waals surface area contributed by atoms with Gasteiger partial charge in [0.25, 0.3) is 0 Å². The van der Waals surface area contributed by atoms with Crippen molar-refractivity contribution < 1.29 is 19.5 Å². The summed E-state index contributed by atoms with van der Waals surface area (Å²) in [6.45, 7) is 0. The average Bonchev–Trinajstić information content (AvgIpc) is 3.67. The molecule has 0 fully saturated rings. The van der Waals surface area contributed by atoms with Crippen LogP contribution >= 0.6 is 0 Å². The summed E-state index contributed by atoms with van der Waals surface area (Å²) in [5, 5.41) is 20.6. The minimum atomic E-state index is -1.44. The predicted octanol–water partition coefficient (Wildman–Crippen LogP) is 4.34. The smallest absolute Gasteiger partial charge is 0.661 e. The zero-order valence-electron chi connectivity index (χ0n) is 19.2. The Balaban J connectivity index is 0.00000240. The van der Waals surface area contributed by atoms with Crippen molar-refractivity contribution in [3.05, 3.63) is 118 Å². The maximum absolute atomic E-state index is 10.3. The number of fused-ring (bicyclic) bond motifs is 8. The molecule has 4 aliphatic rings. The molecular formula is C29H16N6Zn. The van der Waals surface area contributed by atoms with Crippen LogP contribution in [0.4, 0.5) is 0 Å². The van der Waals surface area contributed by atoms with Crippen LogP contribution in [0.5, 0.6) is 0 Å². The van der Waals surface area contributed by atoms with Gasteiger partial charge in [-0.2, -0.15) is 16.2 Å². The molecule has 7 heteroatoms. The number of aliphatic imine (C=N–C) groups is 2. The SMILES string of the molecule is N#CC1(C#N)c2ccccc2C2C3=N/C(=C\c4ccc([n-]4)CC4=N/C(=C\c5cc1c2[n-]5)C=C4)C=C3.[Zn+2]. The molecule has 0 radical (unpaired) electrons. The van der Waals surface area contributed by atoms with E-state index >= 15 is 0 Å². The Kier molecular flexibility index (Phi) is 5.00. The van der Waals surface area contributed by atoms with Crippen molar-refractivity contribution in [3.8, 4) is 12.1 Å². The van der Waals surface area contributed by atoms with Gasteiger partial charge in [-0.05, 0) is 47.4 Å². The number of nitriles is 2. The number of benzene rings is 1. The molecule has 8 bridgehead atoms. The molecule has 1 unspecified atom stereocenters. The van der Waals surface area contributed by atoms with Crippen molar-refractivity contribution in [3.63, 3.8) is 0 Å². The van der Waals surface area contributed by atoms with Gasteiger partial charge in [0, 0.05) is 11.6 Å². The summed E-state index contributed by atoms with van der Waals surface area (Å²) < 4.78 is 0. The van der Waals surface area contributed by atoms with Gasteiger partial charge in [0.15, 0.2) is 5.41 Å². The number of aromatic nitrogens is 2. The molecule has 5 heterocycles. The maximum Gasteiger partial charge on any atom is 2.00 e. The topological polar surface area (TPSA) is 100 Å². The molecule has 3 aliphatic heterocycles. The molecule has 7 rings (SSSR count). The van der Waals surface area contributed by atoms with Crippen LogP contribution in [0.3, 0.4) is 0 Å². The predicted molar refractivity (Wildman–Crippen MR) is 133 cm³/mol. The minimum Gasteiger partial charge on any atom is -0.661 e. The number of rotatable bonds is 0. The molecule has 0 amide bonds. The molecule has 2 aromatic heterocycles. The van der Waals surface area contributed by atoms with Crippen molar-refractivity contribution in [2.75, 3.05) is 0 Å². The van der Waals surface area contributed by atoms with E-state index in [4.69, 9.17) is 20.0 Å². The molecule has 1 aromatic carbocycles. The number of hydrogen-bond donors (Lipinski definition) is 0. The largest absolute Gasteiger partial charge is 2.00 e. The van der Waals surface area contributed by atoms with E-state index in [0.29, 0.717) is 28.9 Å². The molecular weight excluding hydrogens is 498 g/mol. The quantitative estimate of drug-likeness (QED) is 0.417. The van der Waals surface area contributed by atoms with Crippen molar-refractivity contribution in [1.29, 1.82) is 10.5 Å². The Morgan fingerprint density at radius 3 is 2.47 bits per heavy atom. The Labute approximate surface area is 220 Å². The first-order valence-electron chi connectivity index (χ1n) is 11.4. The van der Waals surface area contributed by atoms with E-state index in [1.54, 1.807) is 0 Å². The van der Waals surface area contributed by atoms with Crippen LogP contribution in [0.25, 0.3) is 12.2 Å². The second-order valence-corrected chi connectivity index (χ2v) is 8.96. The molecule has 0 N–H and O–H groups in total. The maximum atomic E-state index is 10.3. The van der Waals surface area contributed by atoms with E-state index in [2.05, 4.69) is 12.1 Å². The first-order valence-corrected chi connectivity index (χ1v) is 11.4. The van der Waals surface area contributed by atoms with Gasteiger partial charge in [0.2, 0.25) is 0 Å². The fourth-order valence-corrected chi connectivity index (χ4v) is 5.32. The van der Waals surface area contributed by atoms with Crippen LogP contribution in [0, 0.1) is 22.7 Å². The molecule has 6 nitrogen and oxygen atoms in total. The zero-order chi connectivity index (χ0) is 23.6. The third kappa shape index (κ3) is 3.18. The van der Waals surface area contributed by atoms with Crippen LogP contribution in [0.2, 0.25) is 0 Å². The fraction of sp³-hybridized carbons (Fsp3) is 0.103. The van der Waals surface area contributed by atoms with Gasteiger partial charge in [-0.25, -0.2) is 0 Å². The zero-order valence-corrected chi connectivity index (χ0v) is 22.1. The van der Waals surface area contributed by atoms with Gasteiger partial charge in [-0.1, -0.05) is 54.6 Å². The summed E-state index contributed by atoms with van der Waals surface area (Å²) in [6, 6.07) is 18.1. The van der Waals surface area contributed by atoms with Crippen LogP contribution in [0.15, 0.2) is 88.1 Å². The van der Waals surface area contributed by atoms with E-state index in [0.717, 1.165) is 39.8 Å². The van der Waals surface area contributed by atoms with Gasteiger partial charge in [0.05, 0.1) is 29.2 Å². The Morgan fingerprint density at radius 1 is 0.833 bits per heavy atom. The third-order valence-electron chi connectivity index (χ3n) is 6.88. The Morgan fingerprint density at radius 2 is 1.61 bits per heavy atom. The minimum absolute atomic E-state index is 0. The van der Waals surface area contributed by atoms with Crippen LogP contribution in [-0.2, 0) is 31.3 Å². The first-order chi connectivity index (χ1) is 17.2.